The highest BCUT2D eigenvalue weighted by molar-refractivity contribution is 7.14. The fourth-order valence-electron chi connectivity index (χ4n) is 2.54. The molecule has 0 bridgehead atoms. The van der Waals surface area contributed by atoms with Gasteiger partial charge in [-0.15, -0.1) is 11.3 Å². The van der Waals surface area contributed by atoms with Crippen LogP contribution in [0.3, 0.4) is 0 Å². The Kier molecular flexibility index (Phi) is 5.51. The Morgan fingerprint density at radius 1 is 1.55 bits per heavy atom. The van der Waals surface area contributed by atoms with Gasteiger partial charge in [-0.2, -0.15) is 0 Å². The molecule has 0 radical (unpaired) electrons. The summed E-state index contributed by atoms with van der Waals surface area (Å²) in [7, 11) is 0. The SMILES string of the molecule is CCN(C(C)=O)c1nc(CN2CCC(CO)CC2)cs1. The predicted octanol–water partition coefficient (Wildman–Crippen LogP) is 1.72. The van der Waals surface area contributed by atoms with Crippen LogP contribution in [0, 0.1) is 5.92 Å². The third kappa shape index (κ3) is 3.77. The van der Waals surface area contributed by atoms with Gasteiger partial charge in [0.15, 0.2) is 5.13 Å². The predicted molar refractivity (Wildman–Crippen MR) is 80.9 cm³/mol. The average molecular weight is 297 g/mol. The standard InChI is InChI=1S/C14H23N3O2S/c1-3-17(11(2)19)14-15-13(10-20-14)8-16-6-4-12(9-18)5-7-16/h10,12,18H,3-9H2,1-2H3. The number of amides is 1. The van der Waals surface area contributed by atoms with Crippen LogP contribution in [0.4, 0.5) is 5.13 Å². The number of hydrogen-bond donors (Lipinski definition) is 1. The minimum atomic E-state index is 0.0390. The van der Waals surface area contributed by atoms with Crippen molar-refractivity contribution >= 4 is 22.4 Å². The Labute approximate surface area is 124 Å². The highest BCUT2D eigenvalue weighted by atomic mass is 32.1. The summed E-state index contributed by atoms with van der Waals surface area (Å²) in [4.78, 5) is 20.1. The second kappa shape index (κ2) is 7.15. The van der Waals surface area contributed by atoms with Crippen LogP contribution in [0.15, 0.2) is 5.38 Å². The van der Waals surface area contributed by atoms with Crippen LogP contribution < -0.4 is 4.90 Å². The number of aliphatic hydroxyl groups excluding tert-OH is 1. The Morgan fingerprint density at radius 2 is 2.25 bits per heavy atom. The molecule has 0 spiro atoms. The van der Waals surface area contributed by atoms with Crippen LogP contribution in [0.1, 0.15) is 32.4 Å². The quantitative estimate of drug-likeness (QED) is 0.899. The van der Waals surface area contributed by atoms with E-state index in [1.165, 1.54) is 11.3 Å². The monoisotopic (exact) mass is 297 g/mol. The number of aliphatic hydroxyl groups is 1. The molecule has 112 valence electrons. The van der Waals surface area contributed by atoms with E-state index in [9.17, 15) is 4.79 Å². The maximum atomic E-state index is 11.5. The van der Waals surface area contributed by atoms with Crippen molar-refractivity contribution in [2.24, 2.45) is 5.92 Å². The van der Waals surface area contributed by atoms with Crippen molar-refractivity contribution in [1.29, 1.82) is 0 Å². The Morgan fingerprint density at radius 3 is 2.80 bits per heavy atom. The lowest BCUT2D eigenvalue weighted by Crippen LogP contribution is -2.34. The third-order valence-electron chi connectivity index (χ3n) is 3.82. The summed E-state index contributed by atoms with van der Waals surface area (Å²) in [6.45, 7) is 7.37. The fraction of sp³-hybridized carbons (Fsp3) is 0.714. The van der Waals surface area contributed by atoms with Gasteiger partial charge in [-0.25, -0.2) is 4.98 Å². The second-order valence-corrected chi connectivity index (χ2v) is 6.12. The van der Waals surface area contributed by atoms with Gasteiger partial charge in [-0.1, -0.05) is 0 Å². The van der Waals surface area contributed by atoms with E-state index < -0.39 is 0 Å². The van der Waals surface area contributed by atoms with E-state index >= 15 is 0 Å². The van der Waals surface area contributed by atoms with Crippen molar-refractivity contribution in [3.05, 3.63) is 11.1 Å². The lowest BCUT2D eigenvalue weighted by atomic mass is 9.98. The molecular formula is C14H23N3O2S. The van der Waals surface area contributed by atoms with Gasteiger partial charge in [0.05, 0.1) is 5.69 Å². The molecule has 0 aliphatic carbocycles. The molecule has 1 fully saturated rings. The zero-order chi connectivity index (χ0) is 14.5. The van der Waals surface area contributed by atoms with Crippen molar-refractivity contribution < 1.29 is 9.90 Å². The molecule has 6 heteroatoms. The zero-order valence-corrected chi connectivity index (χ0v) is 13.0. The summed E-state index contributed by atoms with van der Waals surface area (Å²) in [6, 6.07) is 0. The molecule has 1 aliphatic heterocycles. The molecule has 0 saturated carbocycles. The molecule has 1 N–H and O–H groups in total. The first-order valence-corrected chi connectivity index (χ1v) is 8.07. The highest BCUT2D eigenvalue weighted by Crippen LogP contribution is 2.23. The van der Waals surface area contributed by atoms with Crippen LogP contribution in [-0.4, -0.2) is 47.1 Å². The molecular weight excluding hydrogens is 274 g/mol. The van der Waals surface area contributed by atoms with E-state index in [4.69, 9.17) is 5.11 Å². The van der Waals surface area contributed by atoms with E-state index in [-0.39, 0.29) is 5.91 Å². The van der Waals surface area contributed by atoms with Gasteiger partial charge in [0.2, 0.25) is 5.91 Å². The maximum Gasteiger partial charge on any atom is 0.225 e. The molecule has 2 rings (SSSR count). The maximum absolute atomic E-state index is 11.5. The van der Waals surface area contributed by atoms with Gasteiger partial charge in [0.1, 0.15) is 0 Å². The van der Waals surface area contributed by atoms with Gasteiger partial charge in [-0.3, -0.25) is 14.6 Å². The van der Waals surface area contributed by atoms with Crippen molar-refractivity contribution in [2.45, 2.75) is 33.2 Å². The van der Waals surface area contributed by atoms with Crippen molar-refractivity contribution in [1.82, 2.24) is 9.88 Å². The number of nitrogens with zero attached hydrogens (tertiary/aromatic N) is 3. The van der Waals surface area contributed by atoms with Gasteiger partial charge in [0.25, 0.3) is 0 Å². The summed E-state index contributed by atoms with van der Waals surface area (Å²) >= 11 is 1.53. The van der Waals surface area contributed by atoms with E-state index in [0.29, 0.717) is 19.1 Å². The van der Waals surface area contributed by atoms with Gasteiger partial charge in [0, 0.05) is 32.0 Å². The van der Waals surface area contributed by atoms with E-state index in [1.54, 1.807) is 11.8 Å². The zero-order valence-electron chi connectivity index (χ0n) is 12.2. The molecule has 0 atom stereocenters. The Bertz CT molecular complexity index is 441. The van der Waals surface area contributed by atoms with Crippen molar-refractivity contribution in [3.8, 4) is 0 Å². The minimum absolute atomic E-state index is 0.0390. The molecule has 2 heterocycles. The van der Waals surface area contributed by atoms with Crippen LogP contribution in [0.25, 0.3) is 0 Å². The molecule has 1 aromatic heterocycles. The number of rotatable bonds is 5. The van der Waals surface area contributed by atoms with Crippen molar-refractivity contribution in [3.63, 3.8) is 0 Å². The van der Waals surface area contributed by atoms with Crippen LogP contribution in [0.2, 0.25) is 0 Å². The minimum Gasteiger partial charge on any atom is -0.396 e. The van der Waals surface area contributed by atoms with Crippen LogP contribution >= 0.6 is 11.3 Å². The number of carbonyl (C=O) groups is 1. The summed E-state index contributed by atoms with van der Waals surface area (Å²) in [5, 5.41) is 12.0. The second-order valence-electron chi connectivity index (χ2n) is 5.29. The Balaban J connectivity index is 1.91. The van der Waals surface area contributed by atoms with Gasteiger partial charge < -0.3 is 5.11 Å². The van der Waals surface area contributed by atoms with Gasteiger partial charge in [-0.05, 0) is 38.8 Å². The average Bonchev–Trinajstić information content (AvgIpc) is 2.88. The molecule has 1 aromatic rings. The first-order valence-electron chi connectivity index (χ1n) is 7.19. The summed E-state index contributed by atoms with van der Waals surface area (Å²) < 4.78 is 0. The lowest BCUT2D eigenvalue weighted by Gasteiger charge is -2.30. The summed E-state index contributed by atoms with van der Waals surface area (Å²) in [5.41, 5.74) is 1.03. The number of carbonyl (C=O) groups excluding carboxylic acids is 1. The normalized spacial score (nSPS) is 17.4. The number of piperidine rings is 1. The molecule has 1 saturated heterocycles. The molecule has 20 heavy (non-hydrogen) atoms. The topological polar surface area (TPSA) is 56.7 Å². The van der Waals surface area contributed by atoms with E-state index in [2.05, 4.69) is 9.88 Å². The smallest absolute Gasteiger partial charge is 0.225 e. The fourth-order valence-corrected chi connectivity index (χ4v) is 3.47. The molecule has 1 amide bonds. The highest BCUT2D eigenvalue weighted by Gasteiger charge is 2.20. The van der Waals surface area contributed by atoms with E-state index in [1.807, 2.05) is 12.3 Å². The number of anilines is 1. The summed E-state index contributed by atoms with van der Waals surface area (Å²) in [6.07, 6.45) is 2.12. The van der Waals surface area contributed by atoms with E-state index in [0.717, 1.165) is 43.3 Å². The number of thiazole rings is 1. The molecule has 1 aliphatic rings. The van der Waals surface area contributed by atoms with Crippen LogP contribution in [-0.2, 0) is 11.3 Å². The number of hydrogen-bond acceptors (Lipinski definition) is 5. The van der Waals surface area contributed by atoms with Crippen molar-refractivity contribution in [2.75, 3.05) is 31.1 Å². The third-order valence-corrected chi connectivity index (χ3v) is 4.73. The summed E-state index contributed by atoms with van der Waals surface area (Å²) in [5.74, 6) is 0.503. The first-order chi connectivity index (χ1) is 9.63. The lowest BCUT2D eigenvalue weighted by molar-refractivity contribution is -0.116. The largest absolute Gasteiger partial charge is 0.396 e. The number of likely N-dealkylation sites (tertiary alicyclic amines) is 1. The first kappa shape index (κ1) is 15.4. The molecule has 0 aromatic carbocycles. The molecule has 0 unspecified atom stereocenters. The number of aromatic nitrogens is 1. The van der Waals surface area contributed by atoms with Gasteiger partial charge >= 0.3 is 0 Å². The molecule has 5 nitrogen and oxygen atoms in total. The Hall–Kier alpha value is -0.980. The van der Waals surface area contributed by atoms with Crippen LogP contribution in [0.5, 0.6) is 0 Å².